The summed E-state index contributed by atoms with van der Waals surface area (Å²) < 4.78 is 32.5. The third-order valence-electron chi connectivity index (χ3n) is 3.35. The zero-order valence-electron chi connectivity index (χ0n) is 12.9. The van der Waals surface area contributed by atoms with E-state index < -0.39 is 17.1 Å². The smallest absolute Gasteiger partial charge is 0.488 e. The van der Waals surface area contributed by atoms with Crippen molar-refractivity contribution < 1.29 is 23.2 Å². The second kappa shape index (κ2) is 7.14. The van der Waals surface area contributed by atoms with Crippen LogP contribution in [0.1, 0.15) is 11.1 Å². The quantitative estimate of drug-likeness (QED) is 0.654. The first-order valence-corrected chi connectivity index (χ1v) is 8.41. The molecule has 0 spiro atoms. The van der Waals surface area contributed by atoms with Crippen molar-refractivity contribution in [3.63, 3.8) is 0 Å². The molecule has 2 aromatic carbocycles. The van der Waals surface area contributed by atoms with Gasteiger partial charge < -0.3 is 14.8 Å². The molecular weight excluding hydrogens is 317 g/mol. The van der Waals surface area contributed by atoms with Gasteiger partial charge >= 0.3 is 7.12 Å². The lowest BCUT2D eigenvalue weighted by Crippen LogP contribution is -2.30. The Morgan fingerprint density at radius 1 is 1.13 bits per heavy atom. The molecule has 0 aliphatic heterocycles. The first-order valence-electron chi connectivity index (χ1n) is 6.93. The van der Waals surface area contributed by atoms with E-state index in [4.69, 9.17) is 14.8 Å². The van der Waals surface area contributed by atoms with Crippen molar-refractivity contribution in [1.82, 2.24) is 4.72 Å². The van der Waals surface area contributed by atoms with E-state index >= 15 is 0 Å². The number of benzene rings is 2. The Hall–Kier alpha value is -1.87. The minimum atomic E-state index is -3.72. The lowest BCUT2D eigenvalue weighted by molar-refractivity contribution is 0.402. The van der Waals surface area contributed by atoms with Crippen LogP contribution in [-0.2, 0) is 16.6 Å². The second-order valence-electron chi connectivity index (χ2n) is 5.09. The van der Waals surface area contributed by atoms with E-state index in [2.05, 4.69) is 4.72 Å². The van der Waals surface area contributed by atoms with Gasteiger partial charge in [-0.3, -0.25) is 0 Å². The molecule has 0 atom stereocenters. The first kappa shape index (κ1) is 17.5. The average Bonchev–Trinajstić information content (AvgIpc) is 2.53. The van der Waals surface area contributed by atoms with Gasteiger partial charge in [-0.1, -0.05) is 30.3 Å². The number of ether oxygens (including phenoxy) is 1. The molecule has 0 radical (unpaired) electrons. The molecule has 2 aromatic rings. The lowest BCUT2D eigenvalue weighted by atomic mass is 9.80. The van der Waals surface area contributed by atoms with E-state index in [1.807, 2.05) is 0 Å². The zero-order valence-corrected chi connectivity index (χ0v) is 13.7. The summed E-state index contributed by atoms with van der Waals surface area (Å²) in [6.07, 6.45) is 0. The van der Waals surface area contributed by atoms with Gasteiger partial charge in [0, 0.05) is 6.54 Å². The topological polar surface area (TPSA) is 95.9 Å². The van der Waals surface area contributed by atoms with Crippen molar-refractivity contribution in [1.29, 1.82) is 0 Å². The number of aryl methyl sites for hydroxylation is 1. The molecule has 23 heavy (non-hydrogen) atoms. The minimum absolute atomic E-state index is 0.0846. The summed E-state index contributed by atoms with van der Waals surface area (Å²) in [5, 5.41) is 18.1. The van der Waals surface area contributed by atoms with Gasteiger partial charge in [0.1, 0.15) is 10.6 Å². The van der Waals surface area contributed by atoms with E-state index in [0.717, 1.165) is 5.56 Å². The molecule has 0 aliphatic carbocycles. The van der Waals surface area contributed by atoms with Crippen LogP contribution < -0.4 is 14.9 Å². The van der Waals surface area contributed by atoms with Gasteiger partial charge in [-0.25, -0.2) is 13.1 Å². The molecule has 0 aromatic heterocycles. The van der Waals surface area contributed by atoms with Gasteiger partial charge in [0.2, 0.25) is 10.0 Å². The normalized spacial score (nSPS) is 11.3. The fourth-order valence-electron chi connectivity index (χ4n) is 2.06. The summed E-state index contributed by atoms with van der Waals surface area (Å²) in [4.78, 5) is 0.0856. The molecule has 122 valence electrons. The molecule has 0 heterocycles. The highest BCUT2D eigenvalue weighted by Gasteiger charge is 2.19. The van der Waals surface area contributed by atoms with Crippen molar-refractivity contribution in [3.8, 4) is 5.75 Å². The molecule has 0 amide bonds. The highest BCUT2D eigenvalue weighted by Crippen LogP contribution is 2.24. The van der Waals surface area contributed by atoms with Crippen molar-refractivity contribution in [2.24, 2.45) is 0 Å². The molecule has 6 nitrogen and oxygen atoms in total. The van der Waals surface area contributed by atoms with Crippen LogP contribution in [0, 0.1) is 6.92 Å². The molecule has 0 saturated carbocycles. The number of methoxy groups -OCH3 is 1. The Balaban J connectivity index is 2.17. The molecule has 0 aliphatic rings. The third kappa shape index (κ3) is 4.32. The average molecular weight is 335 g/mol. The van der Waals surface area contributed by atoms with Crippen LogP contribution in [-0.4, -0.2) is 32.7 Å². The largest absolute Gasteiger partial charge is 0.495 e. The highest BCUT2D eigenvalue weighted by atomic mass is 32.2. The maximum Gasteiger partial charge on any atom is 0.488 e. The van der Waals surface area contributed by atoms with Crippen LogP contribution in [0.25, 0.3) is 0 Å². The maximum atomic E-state index is 12.4. The third-order valence-corrected chi connectivity index (χ3v) is 4.78. The fourth-order valence-corrected chi connectivity index (χ4v) is 3.33. The molecule has 0 bridgehead atoms. The summed E-state index contributed by atoms with van der Waals surface area (Å²) >= 11 is 0. The van der Waals surface area contributed by atoms with Gasteiger partial charge in [0.15, 0.2) is 0 Å². The summed E-state index contributed by atoms with van der Waals surface area (Å²) in [5.41, 5.74) is 1.86. The van der Waals surface area contributed by atoms with Gasteiger partial charge in [-0.2, -0.15) is 0 Å². The van der Waals surface area contributed by atoms with E-state index in [0.29, 0.717) is 11.0 Å². The number of hydrogen-bond acceptors (Lipinski definition) is 5. The van der Waals surface area contributed by atoms with Gasteiger partial charge in [0.05, 0.1) is 7.11 Å². The number of hydrogen-bond donors (Lipinski definition) is 3. The van der Waals surface area contributed by atoms with E-state index in [-0.39, 0.29) is 17.2 Å². The van der Waals surface area contributed by atoms with E-state index in [9.17, 15) is 8.42 Å². The standard InChI is InChI=1S/C15H18BNO5S/c1-11-3-8-14(22-2)15(9-11)23(20,21)17-10-12-4-6-13(7-5-12)16(18)19/h3-9,17-19H,10H2,1-2H3. The van der Waals surface area contributed by atoms with Crippen molar-refractivity contribution in [3.05, 3.63) is 53.6 Å². The van der Waals surface area contributed by atoms with E-state index in [1.54, 1.807) is 37.3 Å². The van der Waals surface area contributed by atoms with Crippen LogP contribution in [0.2, 0.25) is 0 Å². The van der Waals surface area contributed by atoms with Crippen molar-refractivity contribution >= 4 is 22.6 Å². The Morgan fingerprint density at radius 2 is 1.78 bits per heavy atom. The number of sulfonamides is 1. The Bertz CT molecular complexity index is 775. The Labute approximate surface area is 135 Å². The van der Waals surface area contributed by atoms with Crippen LogP contribution in [0.5, 0.6) is 5.75 Å². The monoisotopic (exact) mass is 335 g/mol. The number of rotatable bonds is 6. The molecule has 0 fully saturated rings. The van der Waals surface area contributed by atoms with Crippen LogP contribution in [0.3, 0.4) is 0 Å². The Kier molecular flexibility index (Phi) is 5.43. The predicted octanol–water partition coefficient (Wildman–Crippen LogP) is 0.162. The summed E-state index contributed by atoms with van der Waals surface area (Å²) in [5.74, 6) is 0.279. The van der Waals surface area contributed by atoms with Crippen LogP contribution in [0.15, 0.2) is 47.4 Å². The van der Waals surface area contributed by atoms with Gasteiger partial charge in [-0.05, 0) is 35.6 Å². The van der Waals surface area contributed by atoms with Crippen LogP contribution >= 0.6 is 0 Å². The molecule has 2 rings (SSSR count). The molecule has 3 N–H and O–H groups in total. The lowest BCUT2D eigenvalue weighted by Gasteiger charge is -2.12. The molecular formula is C15H18BNO5S. The van der Waals surface area contributed by atoms with Crippen LogP contribution in [0.4, 0.5) is 0 Å². The summed E-state index contributed by atoms with van der Waals surface area (Å²) in [6.45, 7) is 1.89. The van der Waals surface area contributed by atoms with E-state index in [1.165, 1.54) is 19.2 Å². The maximum absolute atomic E-state index is 12.4. The van der Waals surface area contributed by atoms with Gasteiger partial charge in [-0.15, -0.1) is 0 Å². The van der Waals surface area contributed by atoms with Crippen molar-refractivity contribution in [2.45, 2.75) is 18.4 Å². The second-order valence-corrected chi connectivity index (χ2v) is 6.83. The highest BCUT2D eigenvalue weighted by molar-refractivity contribution is 7.89. The summed E-state index contributed by atoms with van der Waals surface area (Å²) in [7, 11) is -3.85. The number of nitrogens with one attached hydrogen (secondary N) is 1. The van der Waals surface area contributed by atoms with Crippen molar-refractivity contribution in [2.75, 3.05) is 7.11 Å². The first-order chi connectivity index (χ1) is 10.8. The minimum Gasteiger partial charge on any atom is -0.495 e. The zero-order chi connectivity index (χ0) is 17.0. The predicted molar refractivity (Wildman–Crippen MR) is 88.0 cm³/mol. The molecule has 0 unspecified atom stereocenters. The Morgan fingerprint density at radius 3 is 2.35 bits per heavy atom. The van der Waals surface area contributed by atoms with Gasteiger partial charge in [0.25, 0.3) is 0 Å². The molecule has 8 heteroatoms. The summed E-state index contributed by atoms with van der Waals surface area (Å²) in [6, 6.07) is 11.3. The SMILES string of the molecule is COc1ccc(C)cc1S(=O)(=O)NCc1ccc(B(O)O)cc1. The molecule has 0 saturated heterocycles. The fraction of sp³-hybridized carbons (Fsp3) is 0.200.